The number of aromatic nitrogens is 1. The Morgan fingerprint density at radius 3 is 2.56 bits per heavy atom. The minimum absolute atomic E-state index is 0.711. The van der Waals surface area contributed by atoms with Crippen LogP contribution in [0.2, 0.25) is 0 Å². The van der Waals surface area contributed by atoms with Crippen molar-refractivity contribution in [3.05, 3.63) is 29.0 Å². The molecular weight excluding hydrogens is 224 g/mol. The van der Waals surface area contributed by atoms with Crippen LogP contribution in [0.25, 0.3) is 10.9 Å². The van der Waals surface area contributed by atoms with Crippen LogP contribution in [0.5, 0.6) is 5.75 Å². The minimum Gasteiger partial charge on any atom is -0.490 e. The number of aromatic amines is 1. The summed E-state index contributed by atoms with van der Waals surface area (Å²) in [6.07, 6.45) is 0. The Kier molecular flexibility index (Phi) is 3.62. The highest BCUT2D eigenvalue weighted by molar-refractivity contribution is 5.92. The molecule has 0 saturated heterocycles. The molecule has 1 N–H and O–H groups in total. The standard InChI is InChI=1S/C15H22N2O/c1-10-6-7-13(18-9-8-17(4)5)15-14(10)11(2)12(3)16-15/h6-7,16H,8-9H2,1-5H3. The lowest BCUT2D eigenvalue weighted by Crippen LogP contribution is -2.19. The van der Waals surface area contributed by atoms with Gasteiger partial charge in [0, 0.05) is 17.6 Å². The number of nitrogens with zero attached hydrogens (tertiary/aromatic N) is 1. The lowest BCUT2D eigenvalue weighted by Gasteiger charge is -2.12. The zero-order valence-electron chi connectivity index (χ0n) is 11.9. The monoisotopic (exact) mass is 246 g/mol. The van der Waals surface area contributed by atoms with Crippen LogP contribution in [0.15, 0.2) is 12.1 Å². The third kappa shape index (κ3) is 2.36. The Hall–Kier alpha value is -1.48. The van der Waals surface area contributed by atoms with Gasteiger partial charge in [0.2, 0.25) is 0 Å². The maximum atomic E-state index is 5.88. The maximum Gasteiger partial charge on any atom is 0.143 e. The fourth-order valence-electron chi connectivity index (χ4n) is 2.22. The van der Waals surface area contributed by atoms with Gasteiger partial charge in [0.1, 0.15) is 12.4 Å². The number of hydrogen-bond donors (Lipinski definition) is 1. The average Bonchev–Trinajstić information content (AvgIpc) is 2.59. The van der Waals surface area contributed by atoms with Crippen LogP contribution in [0, 0.1) is 20.8 Å². The molecule has 98 valence electrons. The largest absolute Gasteiger partial charge is 0.490 e. The fourth-order valence-corrected chi connectivity index (χ4v) is 2.22. The lowest BCUT2D eigenvalue weighted by atomic mass is 10.1. The number of ether oxygens (including phenoxy) is 1. The van der Waals surface area contributed by atoms with Crippen LogP contribution in [0.3, 0.4) is 0 Å². The van der Waals surface area contributed by atoms with Crippen molar-refractivity contribution in [1.82, 2.24) is 9.88 Å². The van der Waals surface area contributed by atoms with Gasteiger partial charge < -0.3 is 14.6 Å². The molecule has 0 radical (unpaired) electrons. The van der Waals surface area contributed by atoms with E-state index in [-0.39, 0.29) is 0 Å². The van der Waals surface area contributed by atoms with Crippen molar-refractivity contribution in [3.8, 4) is 5.75 Å². The Morgan fingerprint density at radius 1 is 1.17 bits per heavy atom. The third-order valence-corrected chi connectivity index (χ3v) is 3.42. The summed E-state index contributed by atoms with van der Waals surface area (Å²) in [5.74, 6) is 0.952. The van der Waals surface area contributed by atoms with Gasteiger partial charge >= 0.3 is 0 Å². The van der Waals surface area contributed by atoms with E-state index in [4.69, 9.17) is 4.74 Å². The van der Waals surface area contributed by atoms with Crippen molar-refractivity contribution < 1.29 is 4.74 Å². The van der Waals surface area contributed by atoms with E-state index in [2.05, 4.69) is 56.9 Å². The first-order valence-electron chi connectivity index (χ1n) is 6.36. The highest BCUT2D eigenvalue weighted by Crippen LogP contribution is 2.31. The molecule has 1 heterocycles. The van der Waals surface area contributed by atoms with E-state index in [1.807, 2.05) is 0 Å². The molecule has 1 aromatic carbocycles. The molecule has 1 aromatic heterocycles. The third-order valence-electron chi connectivity index (χ3n) is 3.42. The van der Waals surface area contributed by atoms with E-state index >= 15 is 0 Å². The Morgan fingerprint density at radius 2 is 1.89 bits per heavy atom. The van der Waals surface area contributed by atoms with Crippen LogP contribution in [0.4, 0.5) is 0 Å². The first kappa shape index (κ1) is 13.0. The van der Waals surface area contributed by atoms with Crippen molar-refractivity contribution in [2.75, 3.05) is 27.2 Å². The van der Waals surface area contributed by atoms with Crippen molar-refractivity contribution in [2.45, 2.75) is 20.8 Å². The van der Waals surface area contributed by atoms with Crippen LogP contribution >= 0.6 is 0 Å². The molecule has 3 heteroatoms. The summed E-state index contributed by atoms with van der Waals surface area (Å²) in [6.45, 7) is 8.05. The van der Waals surface area contributed by atoms with E-state index in [0.29, 0.717) is 6.61 Å². The van der Waals surface area contributed by atoms with Crippen molar-refractivity contribution in [3.63, 3.8) is 0 Å². The SMILES string of the molecule is Cc1[nH]c2c(OCCN(C)C)ccc(C)c2c1C. The summed E-state index contributed by atoms with van der Waals surface area (Å²) in [7, 11) is 4.11. The molecule has 3 nitrogen and oxygen atoms in total. The predicted molar refractivity (Wildman–Crippen MR) is 76.6 cm³/mol. The summed E-state index contributed by atoms with van der Waals surface area (Å²) in [4.78, 5) is 5.56. The number of rotatable bonds is 4. The van der Waals surface area contributed by atoms with E-state index in [1.54, 1.807) is 0 Å². The number of nitrogens with one attached hydrogen (secondary N) is 1. The molecule has 0 aliphatic heterocycles. The first-order chi connectivity index (χ1) is 8.50. The molecule has 0 atom stereocenters. The van der Waals surface area contributed by atoms with Gasteiger partial charge in [-0.15, -0.1) is 0 Å². The quantitative estimate of drug-likeness (QED) is 0.898. The summed E-state index contributed by atoms with van der Waals surface area (Å²) >= 11 is 0. The molecule has 0 spiro atoms. The summed E-state index contributed by atoms with van der Waals surface area (Å²) in [6, 6.07) is 4.19. The molecule has 0 aliphatic carbocycles. The van der Waals surface area contributed by atoms with Crippen LogP contribution in [-0.2, 0) is 0 Å². The molecule has 18 heavy (non-hydrogen) atoms. The van der Waals surface area contributed by atoms with Gasteiger partial charge in [0.05, 0.1) is 5.52 Å². The van der Waals surface area contributed by atoms with Crippen LogP contribution < -0.4 is 4.74 Å². The summed E-state index contributed by atoms with van der Waals surface area (Å²) in [5, 5.41) is 1.30. The molecule has 0 aliphatic rings. The number of benzene rings is 1. The number of hydrogen-bond acceptors (Lipinski definition) is 2. The molecule has 0 unspecified atom stereocenters. The maximum absolute atomic E-state index is 5.88. The van der Waals surface area contributed by atoms with E-state index in [0.717, 1.165) is 17.8 Å². The summed E-state index contributed by atoms with van der Waals surface area (Å²) in [5.41, 5.74) is 4.97. The minimum atomic E-state index is 0.711. The van der Waals surface area contributed by atoms with Crippen molar-refractivity contribution in [2.24, 2.45) is 0 Å². The molecule has 0 amide bonds. The first-order valence-corrected chi connectivity index (χ1v) is 6.36. The van der Waals surface area contributed by atoms with Gasteiger partial charge in [0.15, 0.2) is 0 Å². The molecule has 0 fully saturated rings. The number of fused-ring (bicyclic) bond motifs is 1. The number of aryl methyl sites for hydroxylation is 3. The van der Waals surface area contributed by atoms with Crippen LogP contribution in [0.1, 0.15) is 16.8 Å². The Bertz CT molecular complexity index is 555. The zero-order chi connectivity index (χ0) is 13.3. The van der Waals surface area contributed by atoms with E-state index in [1.165, 1.54) is 22.2 Å². The topological polar surface area (TPSA) is 28.3 Å². The summed E-state index contributed by atoms with van der Waals surface area (Å²) < 4.78 is 5.88. The fraction of sp³-hybridized carbons (Fsp3) is 0.467. The zero-order valence-corrected chi connectivity index (χ0v) is 11.9. The predicted octanol–water partition coefficient (Wildman–Crippen LogP) is 3.03. The van der Waals surface area contributed by atoms with Gasteiger partial charge in [-0.3, -0.25) is 0 Å². The molecule has 2 aromatic rings. The highest BCUT2D eigenvalue weighted by Gasteiger charge is 2.11. The number of H-pyrrole nitrogens is 1. The second-order valence-corrected chi connectivity index (χ2v) is 5.16. The van der Waals surface area contributed by atoms with Gasteiger partial charge in [-0.1, -0.05) is 6.07 Å². The van der Waals surface area contributed by atoms with Gasteiger partial charge in [-0.05, 0) is 52.1 Å². The molecule has 0 saturated carbocycles. The van der Waals surface area contributed by atoms with Crippen LogP contribution in [-0.4, -0.2) is 37.1 Å². The van der Waals surface area contributed by atoms with Gasteiger partial charge in [-0.25, -0.2) is 0 Å². The van der Waals surface area contributed by atoms with E-state index in [9.17, 15) is 0 Å². The van der Waals surface area contributed by atoms with E-state index < -0.39 is 0 Å². The normalized spacial score (nSPS) is 11.4. The average molecular weight is 246 g/mol. The number of likely N-dealkylation sites (N-methyl/N-ethyl adjacent to an activating group) is 1. The van der Waals surface area contributed by atoms with Crippen molar-refractivity contribution in [1.29, 1.82) is 0 Å². The second-order valence-electron chi connectivity index (χ2n) is 5.16. The molecule has 0 bridgehead atoms. The van der Waals surface area contributed by atoms with Gasteiger partial charge in [-0.2, -0.15) is 0 Å². The van der Waals surface area contributed by atoms with Gasteiger partial charge in [0.25, 0.3) is 0 Å². The Balaban J connectivity index is 2.34. The molecular formula is C15H22N2O. The lowest BCUT2D eigenvalue weighted by molar-refractivity contribution is 0.263. The second kappa shape index (κ2) is 5.02. The highest BCUT2D eigenvalue weighted by atomic mass is 16.5. The smallest absolute Gasteiger partial charge is 0.143 e. The molecule has 2 rings (SSSR count). The van der Waals surface area contributed by atoms with Crippen molar-refractivity contribution >= 4 is 10.9 Å². The Labute approximate surface area is 109 Å².